The Kier molecular flexibility index (Phi) is 5.71. The Bertz CT molecular complexity index is 722. The molecule has 0 aliphatic rings. The number of aromatic hydroxyl groups is 1. The van der Waals surface area contributed by atoms with E-state index in [0.717, 1.165) is 18.2 Å². The van der Waals surface area contributed by atoms with E-state index in [1.54, 1.807) is 0 Å². The lowest BCUT2D eigenvalue weighted by Gasteiger charge is -2.23. The van der Waals surface area contributed by atoms with E-state index in [2.05, 4.69) is 21.2 Å². The molecule has 24 heavy (non-hydrogen) atoms. The Labute approximate surface area is 144 Å². The molecule has 0 aromatic heterocycles. The molecule has 0 saturated carbocycles. The van der Waals surface area contributed by atoms with Gasteiger partial charge >= 0.3 is 6.18 Å². The van der Waals surface area contributed by atoms with E-state index in [1.807, 2.05) is 0 Å². The maximum atomic E-state index is 13.3. The first-order valence-electron chi connectivity index (χ1n) is 6.83. The molecule has 0 radical (unpaired) electrons. The van der Waals surface area contributed by atoms with E-state index in [1.165, 1.54) is 25.3 Å². The summed E-state index contributed by atoms with van der Waals surface area (Å²) in [4.78, 5) is 0. The van der Waals surface area contributed by atoms with Crippen LogP contribution in [0.5, 0.6) is 11.5 Å². The van der Waals surface area contributed by atoms with Crippen LogP contribution in [-0.4, -0.2) is 18.4 Å². The Morgan fingerprint density at radius 3 is 2.46 bits per heavy atom. The highest BCUT2D eigenvalue weighted by Crippen LogP contribution is 2.35. The summed E-state index contributed by atoms with van der Waals surface area (Å²) in [5, 5.41) is 12.2. The smallest absolute Gasteiger partial charge is 0.407 e. The maximum Gasteiger partial charge on any atom is 0.407 e. The Hall–Kier alpha value is -1.80. The second-order valence-corrected chi connectivity index (χ2v) is 5.88. The Morgan fingerprint density at radius 2 is 1.92 bits per heavy atom. The van der Waals surface area contributed by atoms with Crippen molar-refractivity contribution in [3.8, 4) is 11.5 Å². The second-order valence-electron chi connectivity index (χ2n) is 5.02. The van der Waals surface area contributed by atoms with Gasteiger partial charge in [0.05, 0.1) is 11.6 Å². The summed E-state index contributed by atoms with van der Waals surface area (Å²) in [6.07, 6.45) is -4.58. The van der Waals surface area contributed by atoms with Gasteiger partial charge in [-0.1, -0.05) is 12.1 Å². The first-order chi connectivity index (χ1) is 11.2. The molecule has 0 aliphatic carbocycles. The van der Waals surface area contributed by atoms with E-state index in [9.17, 15) is 22.7 Å². The topological polar surface area (TPSA) is 41.5 Å². The van der Waals surface area contributed by atoms with E-state index in [-0.39, 0.29) is 27.9 Å². The number of methoxy groups -OCH3 is 1. The molecule has 130 valence electrons. The van der Waals surface area contributed by atoms with Gasteiger partial charge in [-0.2, -0.15) is 13.2 Å². The van der Waals surface area contributed by atoms with Gasteiger partial charge in [0.1, 0.15) is 23.4 Å². The maximum absolute atomic E-state index is 13.3. The molecule has 0 spiro atoms. The van der Waals surface area contributed by atoms with Crippen molar-refractivity contribution in [2.24, 2.45) is 0 Å². The first kappa shape index (κ1) is 18.5. The van der Waals surface area contributed by atoms with Crippen LogP contribution in [0, 0.1) is 5.82 Å². The number of hydrogen-bond acceptors (Lipinski definition) is 3. The molecule has 0 bridgehead atoms. The third kappa shape index (κ3) is 4.39. The minimum Gasteiger partial charge on any atom is -0.507 e. The van der Waals surface area contributed by atoms with Crippen molar-refractivity contribution in [3.63, 3.8) is 0 Å². The summed E-state index contributed by atoms with van der Waals surface area (Å²) in [5.74, 6) is -0.429. The quantitative estimate of drug-likeness (QED) is 0.706. The number of benzene rings is 2. The molecule has 1 unspecified atom stereocenters. The zero-order valence-electron chi connectivity index (χ0n) is 12.5. The number of alkyl halides is 3. The zero-order valence-corrected chi connectivity index (χ0v) is 14.1. The molecule has 0 fully saturated rings. The van der Waals surface area contributed by atoms with E-state index >= 15 is 0 Å². The summed E-state index contributed by atoms with van der Waals surface area (Å²) in [5.41, 5.74) is 0.148. The lowest BCUT2D eigenvalue weighted by atomic mass is 10.1. The molecular weight excluding hydrogens is 394 g/mol. The summed E-state index contributed by atoms with van der Waals surface area (Å²) < 4.78 is 58.0. The van der Waals surface area contributed by atoms with Crippen molar-refractivity contribution >= 4 is 15.9 Å². The number of ether oxygens (including phenoxy) is 1. The lowest BCUT2D eigenvalue weighted by Crippen LogP contribution is -2.33. The predicted octanol–water partition coefficient (Wildman–Crippen LogP) is 4.70. The number of phenols is 1. The Balaban J connectivity index is 2.22. The van der Waals surface area contributed by atoms with Crippen LogP contribution in [0.25, 0.3) is 0 Å². The number of rotatable bonds is 5. The van der Waals surface area contributed by atoms with Crippen LogP contribution in [0.3, 0.4) is 0 Å². The standard InChI is InChI=1S/C16H14BrF4NO2/c1-24-11-4-2-10(14(23)7-11)8-22-15(16(19,20)21)9-3-5-13(18)12(17)6-9/h2-7,15,22-23H,8H2,1H3. The van der Waals surface area contributed by atoms with Gasteiger partial charge in [0.15, 0.2) is 0 Å². The summed E-state index contributed by atoms with van der Waals surface area (Å²) in [6, 6.07) is 5.42. The molecule has 0 heterocycles. The minimum atomic E-state index is -4.58. The second kappa shape index (κ2) is 7.40. The van der Waals surface area contributed by atoms with E-state index in [4.69, 9.17) is 4.74 Å². The third-order valence-electron chi connectivity index (χ3n) is 3.39. The van der Waals surface area contributed by atoms with Gasteiger partial charge in [-0.3, -0.25) is 5.32 Å². The van der Waals surface area contributed by atoms with Crippen LogP contribution in [-0.2, 0) is 6.54 Å². The summed E-state index contributed by atoms with van der Waals surface area (Å²) >= 11 is 2.88. The molecule has 0 saturated heterocycles. The molecule has 0 amide bonds. The van der Waals surface area contributed by atoms with Crippen LogP contribution in [0.1, 0.15) is 17.2 Å². The van der Waals surface area contributed by atoms with Gasteiger partial charge in [-0.25, -0.2) is 4.39 Å². The van der Waals surface area contributed by atoms with Gasteiger partial charge < -0.3 is 9.84 Å². The van der Waals surface area contributed by atoms with Gasteiger partial charge in [0.2, 0.25) is 0 Å². The molecule has 2 aromatic carbocycles. The average molecular weight is 408 g/mol. The molecule has 3 nitrogen and oxygen atoms in total. The highest BCUT2D eigenvalue weighted by atomic mass is 79.9. The number of hydrogen-bond donors (Lipinski definition) is 2. The van der Waals surface area contributed by atoms with Crippen molar-refractivity contribution < 1.29 is 27.4 Å². The molecule has 0 aliphatic heterocycles. The van der Waals surface area contributed by atoms with Crippen LogP contribution in [0.2, 0.25) is 0 Å². The normalized spacial score (nSPS) is 12.9. The monoisotopic (exact) mass is 407 g/mol. The highest BCUT2D eigenvalue weighted by Gasteiger charge is 2.40. The minimum absolute atomic E-state index is 0.0525. The molecule has 2 rings (SSSR count). The number of nitrogens with one attached hydrogen (secondary N) is 1. The van der Waals surface area contributed by atoms with Gasteiger partial charge in [0.25, 0.3) is 0 Å². The zero-order chi connectivity index (χ0) is 17.9. The van der Waals surface area contributed by atoms with Gasteiger partial charge in [-0.05, 0) is 39.7 Å². The Morgan fingerprint density at radius 1 is 1.21 bits per heavy atom. The lowest BCUT2D eigenvalue weighted by molar-refractivity contribution is -0.158. The highest BCUT2D eigenvalue weighted by molar-refractivity contribution is 9.10. The van der Waals surface area contributed by atoms with E-state index in [0.29, 0.717) is 5.75 Å². The number of halogens is 5. The molecule has 1 atom stereocenters. The van der Waals surface area contributed by atoms with Gasteiger partial charge in [0, 0.05) is 18.2 Å². The fourth-order valence-corrected chi connectivity index (χ4v) is 2.54. The van der Waals surface area contributed by atoms with Crippen molar-refractivity contribution in [3.05, 3.63) is 57.8 Å². The summed E-state index contributed by atoms with van der Waals surface area (Å²) in [6.45, 7) is -0.227. The van der Waals surface area contributed by atoms with Crippen LogP contribution >= 0.6 is 15.9 Å². The average Bonchev–Trinajstić information content (AvgIpc) is 2.51. The van der Waals surface area contributed by atoms with Crippen molar-refractivity contribution in [1.29, 1.82) is 0 Å². The first-order valence-corrected chi connectivity index (χ1v) is 7.62. The van der Waals surface area contributed by atoms with E-state index < -0.39 is 18.0 Å². The van der Waals surface area contributed by atoms with Crippen LogP contribution in [0.4, 0.5) is 17.6 Å². The largest absolute Gasteiger partial charge is 0.507 e. The fourth-order valence-electron chi connectivity index (χ4n) is 2.15. The molecule has 8 heteroatoms. The molecule has 2 N–H and O–H groups in total. The molecule has 2 aromatic rings. The van der Waals surface area contributed by atoms with Crippen molar-refractivity contribution in [2.45, 2.75) is 18.8 Å². The third-order valence-corrected chi connectivity index (χ3v) is 4.00. The SMILES string of the molecule is COc1ccc(CNC(c2ccc(F)c(Br)c2)C(F)(F)F)c(O)c1. The van der Waals surface area contributed by atoms with Gasteiger partial charge in [-0.15, -0.1) is 0 Å². The number of phenolic OH excluding ortho intramolecular Hbond substituents is 1. The van der Waals surface area contributed by atoms with Crippen LogP contribution < -0.4 is 10.1 Å². The van der Waals surface area contributed by atoms with Crippen molar-refractivity contribution in [2.75, 3.05) is 7.11 Å². The molecular formula is C16H14BrF4NO2. The summed E-state index contributed by atoms with van der Waals surface area (Å²) in [7, 11) is 1.42. The predicted molar refractivity (Wildman–Crippen MR) is 84.4 cm³/mol. The van der Waals surface area contributed by atoms with Crippen LogP contribution in [0.15, 0.2) is 40.9 Å². The van der Waals surface area contributed by atoms with Crippen molar-refractivity contribution in [1.82, 2.24) is 5.32 Å². The fraction of sp³-hybridized carbons (Fsp3) is 0.250.